The summed E-state index contributed by atoms with van der Waals surface area (Å²) >= 11 is 1.76. The molecular weight excluding hydrogens is 246 g/mol. The molecule has 0 radical (unpaired) electrons. The normalized spacial score (nSPS) is 19.7. The van der Waals surface area contributed by atoms with Crippen LogP contribution in [0.3, 0.4) is 0 Å². The zero-order valence-corrected chi connectivity index (χ0v) is 11.2. The number of thiophene rings is 1. The molecule has 3 nitrogen and oxygen atoms in total. The average Bonchev–Trinajstić information content (AvgIpc) is 2.77. The molecule has 0 bridgehead atoms. The van der Waals surface area contributed by atoms with Gasteiger partial charge in [0.25, 0.3) is 0 Å². The molecule has 1 saturated heterocycles. The summed E-state index contributed by atoms with van der Waals surface area (Å²) in [4.78, 5) is 0. The van der Waals surface area contributed by atoms with E-state index in [-0.39, 0.29) is 18.1 Å². The highest BCUT2D eigenvalue weighted by molar-refractivity contribution is 7.17. The maximum atomic E-state index is 9.69. The highest BCUT2D eigenvalue weighted by Gasteiger charge is 2.46. The number of hydrogen-bond donors (Lipinski definition) is 2. The predicted molar refractivity (Wildman–Crippen MR) is 74.0 cm³/mol. The first kappa shape index (κ1) is 12.1. The zero-order valence-electron chi connectivity index (χ0n) is 10.3. The van der Waals surface area contributed by atoms with E-state index in [1.54, 1.807) is 11.3 Å². The van der Waals surface area contributed by atoms with Gasteiger partial charge in [0.05, 0.1) is 25.2 Å². The Morgan fingerprint density at radius 2 is 2.22 bits per heavy atom. The van der Waals surface area contributed by atoms with Crippen molar-refractivity contribution in [3.05, 3.63) is 35.2 Å². The number of fused-ring (bicyclic) bond motifs is 1. The van der Waals surface area contributed by atoms with Crippen LogP contribution in [0.15, 0.2) is 29.6 Å². The molecule has 18 heavy (non-hydrogen) atoms. The van der Waals surface area contributed by atoms with Crippen molar-refractivity contribution < 1.29 is 9.84 Å². The second-order valence-corrected chi connectivity index (χ2v) is 5.83. The number of benzene rings is 1. The van der Waals surface area contributed by atoms with Crippen molar-refractivity contribution in [1.29, 1.82) is 0 Å². The summed E-state index contributed by atoms with van der Waals surface area (Å²) in [5, 5.41) is 16.5. The van der Waals surface area contributed by atoms with Crippen LogP contribution in [0.4, 0.5) is 0 Å². The monoisotopic (exact) mass is 263 g/mol. The second-order valence-electron chi connectivity index (χ2n) is 4.92. The molecule has 1 fully saturated rings. The van der Waals surface area contributed by atoms with Crippen molar-refractivity contribution in [1.82, 2.24) is 5.32 Å². The van der Waals surface area contributed by atoms with Crippen LogP contribution in [-0.2, 0) is 4.74 Å². The van der Waals surface area contributed by atoms with Crippen LogP contribution >= 0.6 is 11.3 Å². The van der Waals surface area contributed by atoms with Gasteiger partial charge in [-0.05, 0) is 29.4 Å². The summed E-state index contributed by atoms with van der Waals surface area (Å²) in [5.74, 6) is 0. The fourth-order valence-corrected chi connectivity index (χ4v) is 3.71. The van der Waals surface area contributed by atoms with Gasteiger partial charge >= 0.3 is 0 Å². The molecule has 1 aromatic carbocycles. The Kier molecular flexibility index (Phi) is 3.11. The molecule has 2 aromatic rings. The molecule has 3 rings (SSSR count). The van der Waals surface area contributed by atoms with Gasteiger partial charge in [-0.2, -0.15) is 0 Å². The zero-order chi connectivity index (χ0) is 12.6. The molecule has 1 aliphatic rings. The Hall–Kier alpha value is -0.940. The van der Waals surface area contributed by atoms with Gasteiger partial charge in [-0.3, -0.25) is 0 Å². The standard InChI is InChI=1S/C14H17NO2S/c1-15-13(14(7-16)8-17-9-14)11-6-18-12-5-3-2-4-10(11)12/h2-6,13,15-16H,7-9H2,1H3. The summed E-state index contributed by atoms with van der Waals surface area (Å²) in [6.07, 6.45) is 0. The van der Waals surface area contributed by atoms with E-state index in [1.807, 2.05) is 7.05 Å². The van der Waals surface area contributed by atoms with E-state index in [0.717, 1.165) is 0 Å². The van der Waals surface area contributed by atoms with Crippen LogP contribution in [0, 0.1) is 5.41 Å². The molecule has 0 spiro atoms. The fourth-order valence-electron chi connectivity index (χ4n) is 2.73. The Labute approximate surface area is 110 Å². The number of ether oxygens (including phenoxy) is 1. The summed E-state index contributed by atoms with van der Waals surface area (Å²) in [6, 6.07) is 8.56. The number of aliphatic hydroxyl groups excluding tert-OH is 1. The highest BCUT2D eigenvalue weighted by Crippen LogP contribution is 2.43. The summed E-state index contributed by atoms with van der Waals surface area (Å²) < 4.78 is 6.62. The van der Waals surface area contributed by atoms with Crippen molar-refractivity contribution in [2.24, 2.45) is 5.41 Å². The van der Waals surface area contributed by atoms with E-state index in [4.69, 9.17) is 4.74 Å². The minimum atomic E-state index is -0.168. The van der Waals surface area contributed by atoms with E-state index in [9.17, 15) is 5.11 Å². The van der Waals surface area contributed by atoms with Gasteiger partial charge in [-0.25, -0.2) is 0 Å². The molecule has 2 N–H and O–H groups in total. The Morgan fingerprint density at radius 3 is 2.83 bits per heavy atom. The van der Waals surface area contributed by atoms with Crippen LogP contribution in [0.2, 0.25) is 0 Å². The van der Waals surface area contributed by atoms with Crippen LogP contribution in [0.1, 0.15) is 11.6 Å². The van der Waals surface area contributed by atoms with Gasteiger partial charge in [0.15, 0.2) is 0 Å². The average molecular weight is 263 g/mol. The first-order valence-electron chi connectivity index (χ1n) is 6.13. The van der Waals surface area contributed by atoms with Crippen molar-refractivity contribution >= 4 is 21.4 Å². The molecule has 2 heterocycles. The third-order valence-corrected chi connectivity index (χ3v) is 4.80. The van der Waals surface area contributed by atoms with Gasteiger partial charge < -0.3 is 15.2 Å². The minimum Gasteiger partial charge on any atom is -0.396 e. The number of rotatable bonds is 4. The number of hydrogen-bond acceptors (Lipinski definition) is 4. The van der Waals surface area contributed by atoms with Gasteiger partial charge in [-0.15, -0.1) is 11.3 Å². The van der Waals surface area contributed by atoms with E-state index in [2.05, 4.69) is 35.0 Å². The quantitative estimate of drug-likeness (QED) is 0.888. The fraction of sp³-hybridized carbons (Fsp3) is 0.429. The number of nitrogens with one attached hydrogen (secondary N) is 1. The second kappa shape index (κ2) is 4.63. The smallest absolute Gasteiger partial charge is 0.0596 e. The van der Waals surface area contributed by atoms with Crippen molar-refractivity contribution in [3.8, 4) is 0 Å². The molecular formula is C14H17NO2S. The molecule has 96 valence electrons. The van der Waals surface area contributed by atoms with Gasteiger partial charge in [0.2, 0.25) is 0 Å². The van der Waals surface area contributed by atoms with E-state index in [0.29, 0.717) is 13.2 Å². The maximum Gasteiger partial charge on any atom is 0.0596 e. The molecule has 1 unspecified atom stereocenters. The third kappa shape index (κ3) is 1.68. The Morgan fingerprint density at radius 1 is 1.44 bits per heavy atom. The molecule has 0 amide bonds. The minimum absolute atomic E-state index is 0.146. The van der Waals surface area contributed by atoms with Gasteiger partial charge in [-0.1, -0.05) is 18.2 Å². The van der Waals surface area contributed by atoms with Crippen LogP contribution in [0.25, 0.3) is 10.1 Å². The lowest BCUT2D eigenvalue weighted by Crippen LogP contribution is -2.53. The SMILES string of the molecule is CNC(c1csc2ccccc12)C1(CO)COC1. The van der Waals surface area contributed by atoms with E-state index >= 15 is 0 Å². The largest absolute Gasteiger partial charge is 0.396 e. The number of aliphatic hydroxyl groups is 1. The molecule has 1 atom stereocenters. The van der Waals surface area contributed by atoms with Crippen LogP contribution in [-0.4, -0.2) is 32.0 Å². The lowest BCUT2D eigenvalue weighted by molar-refractivity contribution is -0.155. The highest BCUT2D eigenvalue weighted by atomic mass is 32.1. The summed E-state index contributed by atoms with van der Waals surface area (Å²) in [6.45, 7) is 1.40. The lowest BCUT2D eigenvalue weighted by atomic mass is 9.76. The van der Waals surface area contributed by atoms with Crippen LogP contribution < -0.4 is 5.32 Å². The van der Waals surface area contributed by atoms with E-state index in [1.165, 1.54) is 15.6 Å². The van der Waals surface area contributed by atoms with Gasteiger partial charge in [0, 0.05) is 10.7 Å². The summed E-state index contributed by atoms with van der Waals surface area (Å²) in [7, 11) is 1.95. The molecule has 1 aliphatic heterocycles. The van der Waals surface area contributed by atoms with E-state index < -0.39 is 0 Å². The van der Waals surface area contributed by atoms with Crippen molar-refractivity contribution in [3.63, 3.8) is 0 Å². The molecule has 1 aromatic heterocycles. The van der Waals surface area contributed by atoms with Gasteiger partial charge in [0.1, 0.15) is 0 Å². The van der Waals surface area contributed by atoms with Crippen LogP contribution in [0.5, 0.6) is 0 Å². The molecule has 0 saturated carbocycles. The maximum absolute atomic E-state index is 9.69. The third-order valence-electron chi connectivity index (χ3n) is 3.82. The first-order chi connectivity index (χ1) is 8.80. The summed E-state index contributed by atoms with van der Waals surface area (Å²) in [5.41, 5.74) is 1.11. The Bertz CT molecular complexity index is 542. The van der Waals surface area contributed by atoms with Crippen molar-refractivity contribution in [2.75, 3.05) is 26.9 Å². The lowest BCUT2D eigenvalue weighted by Gasteiger charge is -2.45. The molecule has 0 aliphatic carbocycles. The topological polar surface area (TPSA) is 41.5 Å². The first-order valence-corrected chi connectivity index (χ1v) is 7.01. The Balaban J connectivity index is 2.06. The van der Waals surface area contributed by atoms with Crippen molar-refractivity contribution in [2.45, 2.75) is 6.04 Å². The predicted octanol–water partition coefficient (Wildman–Crippen LogP) is 2.17. The molecule has 4 heteroatoms.